The van der Waals surface area contributed by atoms with Gasteiger partial charge in [-0.2, -0.15) is 10.2 Å². The summed E-state index contributed by atoms with van der Waals surface area (Å²) in [5.41, 5.74) is 10.7. The van der Waals surface area contributed by atoms with Crippen LogP contribution in [-0.2, 0) is 29.5 Å². The highest BCUT2D eigenvalue weighted by atomic mass is 32.2. The standard InChI is InChI=1S/C56H84N14O6S2/c1-33-25-43-39(27-41(33)59-45-47(53(7,8)9)63-69-51(45)61-49(65-69)37(5)31-57-77(17,71)72)35(3)29-55(13,14)67(43)19-21-75-23-24-76-22-20-68-44-26-34(2)42(28-40(44)36(4)30-56(68,15)16)60-46-48(54(10,11)12)64-70-52(46)62-50(66-70)38(6)32-58-78(18,73)74/h25-28,35-38,57-58H,19-24,29-32H2,1-18H3/b59-45-,60-46-. The Kier molecular flexibility index (Phi) is 16.3. The number of nitrogens with one attached hydrogen (secondary N) is 2. The van der Waals surface area contributed by atoms with E-state index in [1.54, 1.807) is 0 Å². The van der Waals surface area contributed by atoms with Gasteiger partial charge in [-0.25, -0.2) is 46.2 Å². The van der Waals surface area contributed by atoms with Crippen molar-refractivity contribution in [3.63, 3.8) is 0 Å². The third-order valence-corrected chi connectivity index (χ3v) is 16.6. The van der Waals surface area contributed by atoms with Crippen molar-refractivity contribution >= 4 is 65.6 Å². The van der Waals surface area contributed by atoms with Crippen LogP contribution in [0.1, 0.15) is 179 Å². The molecule has 4 unspecified atom stereocenters. The lowest BCUT2D eigenvalue weighted by Crippen LogP contribution is -2.50. The molecule has 0 aliphatic carbocycles. The predicted molar refractivity (Wildman–Crippen MR) is 312 cm³/mol. The van der Waals surface area contributed by atoms with Crippen molar-refractivity contribution < 1.29 is 26.3 Å². The maximum absolute atomic E-state index is 11.8. The molecule has 78 heavy (non-hydrogen) atoms. The number of fused-ring (bicyclic) bond motifs is 4. The molecule has 2 aromatic heterocycles. The summed E-state index contributed by atoms with van der Waals surface area (Å²) in [6.45, 7) is 38.2. The number of hydrogen-bond acceptors (Lipinski definition) is 16. The molecule has 0 amide bonds. The summed E-state index contributed by atoms with van der Waals surface area (Å²) in [6.07, 6.45) is 4.21. The number of hydrogen-bond donors (Lipinski definition) is 2. The highest BCUT2D eigenvalue weighted by Gasteiger charge is 2.41. The average Bonchev–Trinajstić information content (AvgIpc) is 4.09. The highest BCUT2D eigenvalue weighted by Crippen LogP contribution is 2.48. The van der Waals surface area contributed by atoms with Crippen molar-refractivity contribution in [2.45, 2.75) is 158 Å². The number of aromatic nitrogens is 6. The maximum Gasteiger partial charge on any atom is 0.208 e. The molecule has 4 aliphatic heterocycles. The number of ether oxygens (including phenoxy) is 2. The molecule has 20 nitrogen and oxygen atoms in total. The minimum Gasteiger partial charge on any atom is -0.377 e. The van der Waals surface area contributed by atoms with Crippen LogP contribution in [0, 0.1) is 24.7 Å². The Labute approximate surface area is 463 Å². The van der Waals surface area contributed by atoms with Crippen molar-refractivity contribution in [2.24, 2.45) is 31.0 Å². The van der Waals surface area contributed by atoms with Crippen molar-refractivity contribution in [3.05, 3.63) is 69.8 Å². The molecular weight excluding hydrogens is 1030 g/mol. The van der Waals surface area contributed by atoms with Gasteiger partial charge in [0.1, 0.15) is 11.4 Å². The van der Waals surface area contributed by atoms with Crippen LogP contribution in [0.4, 0.5) is 22.7 Å². The van der Waals surface area contributed by atoms with Gasteiger partial charge in [-0.3, -0.25) is 0 Å². The molecule has 426 valence electrons. The largest absolute Gasteiger partial charge is 0.377 e. The zero-order valence-electron chi connectivity index (χ0n) is 49.3. The molecule has 4 atom stereocenters. The molecule has 0 saturated heterocycles. The number of aryl methyl sites for hydroxylation is 2. The zero-order valence-corrected chi connectivity index (χ0v) is 51.0. The number of sulfonamides is 2. The van der Waals surface area contributed by atoms with E-state index in [1.165, 1.54) is 32.1 Å². The van der Waals surface area contributed by atoms with E-state index in [0.717, 1.165) is 72.4 Å². The van der Waals surface area contributed by atoms with E-state index in [4.69, 9.17) is 39.6 Å². The molecule has 0 bridgehead atoms. The maximum atomic E-state index is 11.8. The second kappa shape index (κ2) is 21.7. The SMILES string of the molecule is Cc1cc2c(cc1/N=C1/C(C(C)(C)C)=Nn3nc(C(C)CNS(C)(=O)=O)nc31)C(C)CC(C)(C)N2CCOCCOCCN1c2cc(C)c(/N=C3/C(C(C)(C)C)=Nn4nc(C(C)CNS(C)(=O)=O)nc43)cc2C(C)CC1(C)C. The van der Waals surface area contributed by atoms with Crippen molar-refractivity contribution in [3.8, 4) is 0 Å². The van der Waals surface area contributed by atoms with Crippen molar-refractivity contribution in [2.75, 3.05) is 74.9 Å². The first-order valence-corrected chi connectivity index (χ1v) is 31.1. The van der Waals surface area contributed by atoms with Crippen LogP contribution in [0.25, 0.3) is 0 Å². The molecule has 4 aromatic rings. The lowest BCUT2D eigenvalue weighted by atomic mass is 9.79. The van der Waals surface area contributed by atoms with Gasteiger partial charge in [-0.15, -0.1) is 19.8 Å². The van der Waals surface area contributed by atoms with Gasteiger partial charge in [0.25, 0.3) is 0 Å². The lowest BCUT2D eigenvalue weighted by Gasteiger charge is -2.48. The quantitative estimate of drug-likeness (QED) is 0.0843. The zero-order chi connectivity index (χ0) is 57.2. The van der Waals surface area contributed by atoms with Crippen LogP contribution < -0.4 is 19.2 Å². The van der Waals surface area contributed by atoms with Gasteiger partial charge in [0.2, 0.25) is 31.7 Å². The van der Waals surface area contributed by atoms with E-state index in [1.807, 2.05) is 13.8 Å². The van der Waals surface area contributed by atoms with Crippen LogP contribution in [-0.4, -0.2) is 146 Å². The number of anilines is 2. The van der Waals surface area contributed by atoms with E-state index >= 15 is 0 Å². The Balaban J connectivity index is 0.908. The second-order valence-electron chi connectivity index (χ2n) is 25.5. The van der Waals surface area contributed by atoms with Gasteiger partial charge in [-0.05, 0) is 113 Å². The summed E-state index contributed by atoms with van der Waals surface area (Å²) in [5.74, 6) is 2.15. The summed E-state index contributed by atoms with van der Waals surface area (Å²) < 4.78 is 65.0. The number of aliphatic imine (C=N–C) groups is 2. The summed E-state index contributed by atoms with van der Waals surface area (Å²) in [5, 5.41) is 19.0. The van der Waals surface area contributed by atoms with Gasteiger partial charge in [0, 0.05) is 71.3 Å². The first-order valence-electron chi connectivity index (χ1n) is 27.3. The Bertz CT molecular complexity index is 3080. The number of nitrogens with zero attached hydrogens (tertiary/aromatic N) is 12. The molecule has 6 heterocycles. The first kappa shape index (κ1) is 58.9. The van der Waals surface area contributed by atoms with Crippen molar-refractivity contribution in [1.29, 1.82) is 0 Å². The van der Waals surface area contributed by atoms with Gasteiger partial charge in [0.05, 0.1) is 61.7 Å². The molecule has 22 heteroatoms. The van der Waals surface area contributed by atoms with E-state index in [2.05, 4.69) is 151 Å². The minimum absolute atomic E-state index is 0.105. The topological polar surface area (TPSA) is 228 Å². The normalized spacial score (nSPS) is 20.9. The Morgan fingerprint density at radius 3 is 1.32 bits per heavy atom. The Hall–Kier alpha value is -5.26. The summed E-state index contributed by atoms with van der Waals surface area (Å²) in [7, 11) is -6.73. The minimum atomic E-state index is -3.37. The number of rotatable bonds is 19. The summed E-state index contributed by atoms with van der Waals surface area (Å²) in [6, 6.07) is 8.96. The molecule has 0 fully saturated rings. The summed E-state index contributed by atoms with van der Waals surface area (Å²) >= 11 is 0. The van der Waals surface area contributed by atoms with Gasteiger partial charge >= 0.3 is 0 Å². The van der Waals surface area contributed by atoms with Crippen molar-refractivity contribution in [1.82, 2.24) is 39.2 Å². The van der Waals surface area contributed by atoms with Crippen LogP contribution in [0.3, 0.4) is 0 Å². The Morgan fingerprint density at radius 2 is 0.987 bits per heavy atom. The van der Waals surface area contributed by atoms with E-state index in [-0.39, 0.29) is 46.8 Å². The fraction of sp³-hybridized carbons (Fsp3) is 0.643. The molecular formula is C56H84N14O6S2. The average molecular weight is 1110 g/mol. The fourth-order valence-corrected chi connectivity index (χ4v) is 12.2. The third-order valence-electron chi connectivity index (χ3n) is 15.2. The van der Waals surface area contributed by atoms with Gasteiger partial charge in [0.15, 0.2) is 11.6 Å². The molecule has 2 N–H and O–H groups in total. The Morgan fingerprint density at radius 1 is 0.628 bits per heavy atom. The molecule has 4 aliphatic rings. The van der Waals surface area contributed by atoms with Gasteiger partial charge in [-0.1, -0.05) is 69.2 Å². The molecule has 8 rings (SSSR count). The second-order valence-corrected chi connectivity index (χ2v) is 29.2. The van der Waals surface area contributed by atoms with E-state index in [9.17, 15) is 16.8 Å². The molecule has 0 saturated carbocycles. The smallest absolute Gasteiger partial charge is 0.208 e. The summed E-state index contributed by atoms with van der Waals surface area (Å²) in [4.78, 5) is 28.3. The molecule has 0 spiro atoms. The van der Waals surface area contributed by atoms with Crippen LogP contribution in [0.15, 0.2) is 44.5 Å². The third kappa shape index (κ3) is 12.8. The predicted octanol–water partition coefficient (Wildman–Crippen LogP) is 8.48. The lowest BCUT2D eigenvalue weighted by molar-refractivity contribution is 0.0504. The van der Waals surface area contributed by atoms with Crippen LogP contribution >= 0.6 is 0 Å². The number of benzene rings is 2. The monoisotopic (exact) mass is 1110 g/mol. The fourth-order valence-electron chi connectivity index (χ4n) is 11.1. The van der Waals surface area contributed by atoms with E-state index in [0.29, 0.717) is 73.0 Å². The molecule has 2 aromatic carbocycles. The van der Waals surface area contributed by atoms with Crippen LogP contribution in [0.2, 0.25) is 0 Å². The molecule has 0 radical (unpaired) electrons. The van der Waals surface area contributed by atoms with Gasteiger partial charge < -0.3 is 19.3 Å². The van der Waals surface area contributed by atoms with E-state index < -0.39 is 20.0 Å². The first-order chi connectivity index (χ1) is 36.1. The van der Waals surface area contributed by atoms with Crippen LogP contribution in [0.5, 0.6) is 0 Å². The highest BCUT2D eigenvalue weighted by molar-refractivity contribution is 7.89.